The molecule has 0 aromatic rings. The van der Waals surface area contributed by atoms with Crippen molar-refractivity contribution in [3.63, 3.8) is 0 Å². The number of hydrogen-bond donors (Lipinski definition) is 1. The highest BCUT2D eigenvalue weighted by atomic mass is 16.3. The normalized spacial score (nSPS) is 31.7. The molecule has 1 aliphatic rings. The Morgan fingerprint density at radius 3 is 2.79 bits per heavy atom. The number of ketones is 1. The third-order valence-electron chi connectivity index (χ3n) is 2.79. The van der Waals surface area contributed by atoms with E-state index in [1.807, 2.05) is 20.8 Å². The molecule has 1 N–H and O–H groups in total. The molecule has 1 rings (SSSR count). The summed E-state index contributed by atoms with van der Waals surface area (Å²) in [7, 11) is 0. The maximum Gasteiger partial charge on any atom is 0.158 e. The number of aliphatic hydroxyl groups excluding tert-OH is 1. The largest absolute Gasteiger partial charge is 0.389 e. The van der Waals surface area contributed by atoms with Crippen LogP contribution in [0.2, 0.25) is 0 Å². The SMILES string of the molecule is CC(C)=CC[C@@H]1[C@H](O)C=CC(=O)[C@@H]1C. The third kappa shape index (κ3) is 2.55. The van der Waals surface area contributed by atoms with Gasteiger partial charge in [-0.3, -0.25) is 4.79 Å². The molecule has 0 spiro atoms. The zero-order chi connectivity index (χ0) is 10.7. The summed E-state index contributed by atoms with van der Waals surface area (Å²) in [5.74, 6) is 0.107. The Balaban J connectivity index is 2.71. The molecule has 2 heteroatoms. The first-order chi connectivity index (χ1) is 6.52. The fourth-order valence-electron chi connectivity index (χ4n) is 1.71. The fraction of sp³-hybridized carbons (Fsp3) is 0.583. The molecule has 0 fully saturated rings. The Kier molecular flexibility index (Phi) is 3.64. The Bertz CT molecular complexity index is 272. The summed E-state index contributed by atoms with van der Waals surface area (Å²) in [5, 5.41) is 9.70. The summed E-state index contributed by atoms with van der Waals surface area (Å²) in [6.45, 7) is 5.94. The highest BCUT2D eigenvalue weighted by molar-refractivity contribution is 5.92. The molecule has 0 aromatic carbocycles. The molecule has 0 amide bonds. The van der Waals surface area contributed by atoms with Gasteiger partial charge in [-0.2, -0.15) is 0 Å². The summed E-state index contributed by atoms with van der Waals surface area (Å²) in [6.07, 6.45) is 5.48. The molecule has 0 aliphatic heterocycles. The first-order valence-corrected chi connectivity index (χ1v) is 5.06. The third-order valence-corrected chi connectivity index (χ3v) is 2.79. The average molecular weight is 194 g/mol. The van der Waals surface area contributed by atoms with E-state index < -0.39 is 6.10 Å². The summed E-state index contributed by atoms with van der Waals surface area (Å²) in [5.41, 5.74) is 1.23. The van der Waals surface area contributed by atoms with E-state index in [1.54, 1.807) is 6.08 Å². The number of aliphatic hydroxyl groups is 1. The quantitative estimate of drug-likeness (QED) is 0.683. The maximum atomic E-state index is 11.4. The van der Waals surface area contributed by atoms with Crippen molar-refractivity contribution in [2.45, 2.75) is 33.3 Å². The van der Waals surface area contributed by atoms with Crippen LogP contribution in [0.4, 0.5) is 0 Å². The minimum Gasteiger partial charge on any atom is -0.389 e. The fourth-order valence-corrected chi connectivity index (χ4v) is 1.71. The Morgan fingerprint density at radius 1 is 1.57 bits per heavy atom. The minimum atomic E-state index is -0.474. The molecule has 0 aromatic heterocycles. The first-order valence-electron chi connectivity index (χ1n) is 5.06. The maximum absolute atomic E-state index is 11.4. The topological polar surface area (TPSA) is 37.3 Å². The monoisotopic (exact) mass is 194 g/mol. The van der Waals surface area contributed by atoms with Crippen LogP contribution in [0.3, 0.4) is 0 Å². The zero-order valence-electron chi connectivity index (χ0n) is 9.03. The molecule has 0 saturated carbocycles. The molecule has 1 aliphatic carbocycles. The van der Waals surface area contributed by atoms with Crippen molar-refractivity contribution in [1.82, 2.24) is 0 Å². The molecule has 14 heavy (non-hydrogen) atoms. The van der Waals surface area contributed by atoms with Crippen molar-refractivity contribution in [1.29, 1.82) is 0 Å². The van der Waals surface area contributed by atoms with Gasteiger partial charge < -0.3 is 5.11 Å². The molecule has 2 nitrogen and oxygen atoms in total. The van der Waals surface area contributed by atoms with Crippen LogP contribution in [0, 0.1) is 11.8 Å². The van der Waals surface area contributed by atoms with Gasteiger partial charge >= 0.3 is 0 Å². The number of allylic oxidation sites excluding steroid dienone is 3. The van der Waals surface area contributed by atoms with E-state index in [4.69, 9.17) is 0 Å². The molecular weight excluding hydrogens is 176 g/mol. The van der Waals surface area contributed by atoms with Crippen molar-refractivity contribution >= 4 is 5.78 Å². The van der Waals surface area contributed by atoms with Crippen LogP contribution < -0.4 is 0 Å². The number of hydrogen-bond acceptors (Lipinski definition) is 2. The molecule has 78 valence electrons. The Morgan fingerprint density at radius 2 is 2.21 bits per heavy atom. The lowest BCUT2D eigenvalue weighted by atomic mass is 9.79. The van der Waals surface area contributed by atoms with Gasteiger partial charge in [0, 0.05) is 11.8 Å². The van der Waals surface area contributed by atoms with Crippen LogP contribution in [0.25, 0.3) is 0 Å². The zero-order valence-corrected chi connectivity index (χ0v) is 9.03. The van der Waals surface area contributed by atoms with Gasteiger partial charge in [-0.05, 0) is 26.3 Å². The van der Waals surface area contributed by atoms with Crippen molar-refractivity contribution in [3.8, 4) is 0 Å². The molecule has 3 atom stereocenters. The molecule has 0 heterocycles. The lowest BCUT2D eigenvalue weighted by Crippen LogP contribution is -2.32. The lowest BCUT2D eigenvalue weighted by Gasteiger charge is -2.27. The van der Waals surface area contributed by atoms with E-state index in [0.29, 0.717) is 0 Å². The smallest absolute Gasteiger partial charge is 0.158 e. The number of carbonyl (C=O) groups is 1. The van der Waals surface area contributed by atoms with E-state index in [9.17, 15) is 9.90 Å². The average Bonchev–Trinajstić information content (AvgIpc) is 2.11. The van der Waals surface area contributed by atoms with Crippen LogP contribution in [-0.4, -0.2) is 17.0 Å². The van der Waals surface area contributed by atoms with Gasteiger partial charge in [-0.1, -0.05) is 24.6 Å². The van der Waals surface area contributed by atoms with Gasteiger partial charge in [0.25, 0.3) is 0 Å². The van der Waals surface area contributed by atoms with Crippen LogP contribution in [-0.2, 0) is 4.79 Å². The number of rotatable bonds is 2. The summed E-state index contributed by atoms with van der Waals surface area (Å²) >= 11 is 0. The molecule has 0 radical (unpaired) electrons. The second-order valence-corrected chi connectivity index (χ2v) is 4.22. The summed E-state index contributed by atoms with van der Waals surface area (Å²) < 4.78 is 0. The van der Waals surface area contributed by atoms with Gasteiger partial charge in [0.2, 0.25) is 0 Å². The van der Waals surface area contributed by atoms with E-state index >= 15 is 0 Å². The van der Waals surface area contributed by atoms with E-state index in [2.05, 4.69) is 6.08 Å². The predicted octanol–water partition coefficient (Wildman–Crippen LogP) is 2.09. The number of carbonyl (C=O) groups excluding carboxylic acids is 1. The summed E-state index contributed by atoms with van der Waals surface area (Å²) in [4.78, 5) is 11.4. The van der Waals surface area contributed by atoms with Gasteiger partial charge in [-0.15, -0.1) is 0 Å². The van der Waals surface area contributed by atoms with Crippen LogP contribution in [0.15, 0.2) is 23.8 Å². The van der Waals surface area contributed by atoms with Gasteiger partial charge in [0.1, 0.15) is 0 Å². The van der Waals surface area contributed by atoms with Gasteiger partial charge in [0.05, 0.1) is 6.10 Å². The van der Waals surface area contributed by atoms with Crippen LogP contribution in [0.1, 0.15) is 27.2 Å². The van der Waals surface area contributed by atoms with Crippen LogP contribution in [0.5, 0.6) is 0 Å². The molecule has 0 saturated heterocycles. The van der Waals surface area contributed by atoms with E-state index in [0.717, 1.165) is 6.42 Å². The predicted molar refractivity (Wildman–Crippen MR) is 56.9 cm³/mol. The highest BCUT2D eigenvalue weighted by Gasteiger charge is 2.30. The Hall–Kier alpha value is -0.890. The molecule has 0 bridgehead atoms. The summed E-state index contributed by atoms with van der Waals surface area (Å²) in [6, 6.07) is 0. The second kappa shape index (κ2) is 4.56. The van der Waals surface area contributed by atoms with Crippen molar-refractivity contribution in [2.75, 3.05) is 0 Å². The van der Waals surface area contributed by atoms with Crippen molar-refractivity contribution in [2.24, 2.45) is 11.8 Å². The minimum absolute atomic E-state index is 0.0439. The molecule has 0 unspecified atom stereocenters. The second-order valence-electron chi connectivity index (χ2n) is 4.22. The first kappa shape index (κ1) is 11.2. The standard InChI is InChI=1S/C12H18O2/c1-8(2)4-5-10-9(3)11(13)6-7-12(10)14/h4,6-7,9-10,12,14H,5H2,1-3H3/t9-,10+,12-/m1/s1. The lowest BCUT2D eigenvalue weighted by molar-refractivity contribution is -0.121. The van der Waals surface area contributed by atoms with Crippen molar-refractivity contribution < 1.29 is 9.90 Å². The molecular formula is C12H18O2. The van der Waals surface area contributed by atoms with E-state index in [1.165, 1.54) is 11.6 Å². The highest BCUT2D eigenvalue weighted by Crippen LogP contribution is 2.26. The van der Waals surface area contributed by atoms with Gasteiger partial charge in [-0.25, -0.2) is 0 Å². The van der Waals surface area contributed by atoms with E-state index in [-0.39, 0.29) is 17.6 Å². The van der Waals surface area contributed by atoms with Crippen LogP contribution >= 0.6 is 0 Å². The van der Waals surface area contributed by atoms with Crippen molar-refractivity contribution in [3.05, 3.63) is 23.8 Å². The Labute approximate surface area is 85.3 Å². The van der Waals surface area contributed by atoms with Gasteiger partial charge in [0.15, 0.2) is 5.78 Å².